The monoisotopic (exact) mass is 236 g/mol. The molecule has 0 aliphatic heterocycles. The molecule has 2 rings (SSSR count). The SMILES string of the molecule is Cc1ccc(F)cc1NC(=O)C(C)(N)C1CC1. The fourth-order valence-electron chi connectivity index (χ4n) is 1.85. The normalized spacial score (nSPS) is 18.6. The van der Waals surface area contributed by atoms with Gasteiger partial charge in [0.05, 0.1) is 5.54 Å². The van der Waals surface area contributed by atoms with E-state index in [1.165, 1.54) is 12.1 Å². The van der Waals surface area contributed by atoms with Gasteiger partial charge in [-0.25, -0.2) is 4.39 Å². The second kappa shape index (κ2) is 4.11. The zero-order chi connectivity index (χ0) is 12.6. The van der Waals surface area contributed by atoms with Crippen molar-refractivity contribution in [2.75, 3.05) is 5.32 Å². The van der Waals surface area contributed by atoms with Crippen molar-refractivity contribution in [2.24, 2.45) is 11.7 Å². The first-order valence-corrected chi connectivity index (χ1v) is 5.77. The number of carbonyl (C=O) groups excluding carboxylic acids is 1. The maximum atomic E-state index is 13.1. The van der Waals surface area contributed by atoms with E-state index in [2.05, 4.69) is 5.32 Å². The van der Waals surface area contributed by atoms with Crippen molar-refractivity contribution >= 4 is 11.6 Å². The topological polar surface area (TPSA) is 55.1 Å². The summed E-state index contributed by atoms with van der Waals surface area (Å²) in [5, 5.41) is 2.71. The zero-order valence-corrected chi connectivity index (χ0v) is 10.1. The summed E-state index contributed by atoms with van der Waals surface area (Å²) in [6.45, 7) is 3.55. The quantitative estimate of drug-likeness (QED) is 0.845. The molecule has 17 heavy (non-hydrogen) atoms. The first-order valence-electron chi connectivity index (χ1n) is 5.77. The van der Waals surface area contributed by atoms with Gasteiger partial charge in [0, 0.05) is 5.69 Å². The summed E-state index contributed by atoms with van der Waals surface area (Å²) < 4.78 is 13.1. The van der Waals surface area contributed by atoms with Gasteiger partial charge >= 0.3 is 0 Å². The molecular weight excluding hydrogens is 219 g/mol. The van der Waals surface area contributed by atoms with Gasteiger partial charge in [-0.2, -0.15) is 0 Å². The Bertz CT molecular complexity index is 453. The molecule has 1 amide bonds. The van der Waals surface area contributed by atoms with E-state index in [0.29, 0.717) is 5.69 Å². The van der Waals surface area contributed by atoms with Gasteiger partial charge < -0.3 is 11.1 Å². The van der Waals surface area contributed by atoms with E-state index in [4.69, 9.17) is 5.73 Å². The highest BCUT2D eigenvalue weighted by atomic mass is 19.1. The van der Waals surface area contributed by atoms with Gasteiger partial charge in [-0.05, 0) is 50.3 Å². The number of anilines is 1. The van der Waals surface area contributed by atoms with Crippen LogP contribution in [0.15, 0.2) is 18.2 Å². The summed E-state index contributed by atoms with van der Waals surface area (Å²) >= 11 is 0. The van der Waals surface area contributed by atoms with E-state index in [0.717, 1.165) is 18.4 Å². The lowest BCUT2D eigenvalue weighted by atomic mass is 9.96. The standard InChI is InChI=1S/C13H17FN2O/c1-8-3-6-10(14)7-11(8)16-12(17)13(2,15)9-4-5-9/h3,6-7,9H,4-5,15H2,1-2H3,(H,16,17). The number of rotatable bonds is 3. The molecule has 1 aromatic rings. The molecule has 3 nitrogen and oxygen atoms in total. The largest absolute Gasteiger partial charge is 0.324 e. The van der Waals surface area contributed by atoms with E-state index in [-0.39, 0.29) is 17.6 Å². The third-order valence-corrected chi connectivity index (χ3v) is 3.36. The predicted molar refractivity (Wildman–Crippen MR) is 65.1 cm³/mol. The number of aryl methyl sites for hydroxylation is 1. The Labute approximate surface area is 100 Å². The van der Waals surface area contributed by atoms with Crippen molar-refractivity contribution in [3.63, 3.8) is 0 Å². The molecule has 0 saturated heterocycles. The first-order chi connectivity index (χ1) is 7.91. The molecule has 92 valence electrons. The second-order valence-electron chi connectivity index (χ2n) is 4.97. The summed E-state index contributed by atoms with van der Waals surface area (Å²) in [5.74, 6) is -0.360. The molecule has 1 saturated carbocycles. The molecule has 1 aliphatic rings. The van der Waals surface area contributed by atoms with E-state index in [1.807, 2.05) is 6.92 Å². The molecule has 4 heteroatoms. The van der Waals surface area contributed by atoms with Crippen LogP contribution in [0.5, 0.6) is 0 Å². The van der Waals surface area contributed by atoms with E-state index < -0.39 is 5.54 Å². The van der Waals surface area contributed by atoms with E-state index >= 15 is 0 Å². The number of hydrogen-bond donors (Lipinski definition) is 2. The van der Waals surface area contributed by atoms with Crippen LogP contribution in [-0.2, 0) is 4.79 Å². The number of nitrogens with two attached hydrogens (primary N) is 1. The van der Waals surface area contributed by atoms with Crippen molar-refractivity contribution in [1.29, 1.82) is 0 Å². The highest BCUT2D eigenvalue weighted by molar-refractivity contribution is 5.98. The lowest BCUT2D eigenvalue weighted by molar-refractivity contribution is -0.121. The number of benzene rings is 1. The molecule has 3 N–H and O–H groups in total. The molecule has 0 spiro atoms. The van der Waals surface area contributed by atoms with Crippen LogP contribution in [0.2, 0.25) is 0 Å². The number of nitrogens with one attached hydrogen (secondary N) is 1. The second-order valence-corrected chi connectivity index (χ2v) is 4.97. The van der Waals surface area contributed by atoms with Gasteiger partial charge in [-0.1, -0.05) is 6.07 Å². The van der Waals surface area contributed by atoms with Crippen molar-refractivity contribution in [3.05, 3.63) is 29.6 Å². The van der Waals surface area contributed by atoms with Crippen molar-refractivity contribution in [3.8, 4) is 0 Å². The number of halogens is 1. The number of amides is 1. The zero-order valence-electron chi connectivity index (χ0n) is 10.1. The average molecular weight is 236 g/mol. The van der Waals surface area contributed by atoms with Gasteiger partial charge in [-0.15, -0.1) is 0 Å². The van der Waals surface area contributed by atoms with Crippen LogP contribution in [-0.4, -0.2) is 11.4 Å². The van der Waals surface area contributed by atoms with Crippen LogP contribution < -0.4 is 11.1 Å². The average Bonchev–Trinajstić information content (AvgIpc) is 3.07. The third-order valence-electron chi connectivity index (χ3n) is 3.36. The highest BCUT2D eigenvalue weighted by Crippen LogP contribution is 2.38. The maximum Gasteiger partial charge on any atom is 0.244 e. The van der Waals surface area contributed by atoms with Crippen LogP contribution in [0.4, 0.5) is 10.1 Å². The Balaban J connectivity index is 2.15. The fourth-order valence-corrected chi connectivity index (χ4v) is 1.85. The van der Waals surface area contributed by atoms with Crippen molar-refractivity contribution in [1.82, 2.24) is 0 Å². The smallest absolute Gasteiger partial charge is 0.244 e. The highest BCUT2D eigenvalue weighted by Gasteiger charge is 2.44. The summed E-state index contributed by atoms with van der Waals surface area (Å²) in [6.07, 6.45) is 1.98. The number of hydrogen-bond acceptors (Lipinski definition) is 2. The van der Waals surface area contributed by atoms with Crippen LogP contribution in [0.25, 0.3) is 0 Å². The minimum Gasteiger partial charge on any atom is -0.324 e. The van der Waals surface area contributed by atoms with Gasteiger partial charge in [0.1, 0.15) is 5.82 Å². The number of carbonyl (C=O) groups is 1. The molecule has 1 fully saturated rings. The predicted octanol–water partition coefficient (Wildman–Crippen LogP) is 2.20. The minimum atomic E-state index is -0.862. The van der Waals surface area contributed by atoms with Crippen molar-refractivity contribution < 1.29 is 9.18 Å². The summed E-state index contributed by atoms with van der Waals surface area (Å²) in [4.78, 5) is 12.0. The Kier molecular flexibility index (Phi) is 2.91. The molecule has 0 radical (unpaired) electrons. The Morgan fingerprint density at radius 2 is 2.18 bits per heavy atom. The summed E-state index contributed by atoms with van der Waals surface area (Å²) in [7, 11) is 0. The van der Waals surface area contributed by atoms with Crippen molar-refractivity contribution in [2.45, 2.75) is 32.2 Å². The third kappa shape index (κ3) is 2.47. The van der Waals surface area contributed by atoms with Gasteiger partial charge in [0.2, 0.25) is 5.91 Å². The van der Waals surface area contributed by atoms with Gasteiger partial charge in [0.15, 0.2) is 0 Å². The van der Waals surface area contributed by atoms with Crippen LogP contribution in [0.1, 0.15) is 25.3 Å². The Morgan fingerprint density at radius 3 is 2.76 bits per heavy atom. The van der Waals surface area contributed by atoms with E-state index in [9.17, 15) is 9.18 Å². The van der Waals surface area contributed by atoms with Gasteiger partial charge in [0.25, 0.3) is 0 Å². The van der Waals surface area contributed by atoms with Crippen LogP contribution in [0.3, 0.4) is 0 Å². The Hall–Kier alpha value is -1.42. The summed E-state index contributed by atoms with van der Waals surface area (Å²) in [5.41, 5.74) is 6.45. The molecule has 0 bridgehead atoms. The molecular formula is C13H17FN2O. The molecule has 1 aromatic carbocycles. The van der Waals surface area contributed by atoms with Crippen LogP contribution in [0, 0.1) is 18.7 Å². The van der Waals surface area contributed by atoms with Gasteiger partial charge in [-0.3, -0.25) is 4.79 Å². The van der Waals surface area contributed by atoms with Crippen LogP contribution >= 0.6 is 0 Å². The fraction of sp³-hybridized carbons (Fsp3) is 0.462. The molecule has 1 unspecified atom stereocenters. The molecule has 1 aliphatic carbocycles. The maximum absolute atomic E-state index is 13.1. The lowest BCUT2D eigenvalue weighted by Crippen LogP contribution is -2.50. The Morgan fingerprint density at radius 1 is 1.53 bits per heavy atom. The molecule has 0 heterocycles. The lowest BCUT2D eigenvalue weighted by Gasteiger charge is -2.23. The minimum absolute atomic E-state index is 0.242. The van der Waals surface area contributed by atoms with E-state index in [1.54, 1.807) is 13.0 Å². The molecule has 0 aromatic heterocycles. The first kappa shape index (κ1) is 12.0. The molecule has 1 atom stereocenters. The summed E-state index contributed by atoms with van der Waals surface area (Å²) in [6, 6.07) is 4.32.